The highest BCUT2D eigenvalue weighted by atomic mass is 32.2. The van der Waals surface area contributed by atoms with Crippen LogP contribution in [0.3, 0.4) is 0 Å². The highest BCUT2D eigenvalue weighted by Gasteiger charge is 2.52. The van der Waals surface area contributed by atoms with Gasteiger partial charge in [-0.3, -0.25) is 4.99 Å². The summed E-state index contributed by atoms with van der Waals surface area (Å²) >= 11 is 1.75. The Morgan fingerprint density at radius 1 is 1.89 bits per heavy atom. The Kier molecular flexibility index (Phi) is 0.903. The molecule has 2 nitrogen and oxygen atoms in total. The van der Waals surface area contributed by atoms with Crippen LogP contribution in [0.15, 0.2) is 4.99 Å². The van der Waals surface area contributed by atoms with Crippen LogP contribution >= 0.6 is 11.8 Å². The van der Waals surface area contributed by atoms with E-state index in [9.17, 15) is 0 Å². The molecule has 50 valence electrons. The average Bonchev–Trinajstić information content (AvgIpc) is 2.38. The van der Waals surface area contributed by atoms with E-state index in [1.54, 1.807) is 11.8 Å². The second-order valence-corrected chi connectivity index (χ2v) is 4.55. The first-order valence-corrected chi connectivity index (χ1v) is 4.01. The zero-order valence-corrected chi connectivity index (χ0v) is 6.24. The van der Waals surface area contributed by atoms with Crippen LogP contribution < -0.4 is 5.73 Å². The topological polar surface area (TPSA) is 38.4 Å². The minimum absolute atomic E-state index is 0.478. The molecule has 3 heteroatoms. The lowest BCUT2D eigenvalue weighted by Crippen LogP contribution is -2.19. The molecule has 1 aliphatic heterocycles. The lowest BCUT2D eigenvalue weighted by Gasteiger charge is -2.13. The summed E-state index contributed by atoms with van der Waals surface area (Å²) in [4.78, 5) is 4.16. The molecular formula is C6H10N2S. The van der Waals surface area contributed by atoms with Crippen LogP contribution in [0.4, 0.5) is 0 Å². The predicted octanol–water partition coefficient (Wildman–Crippen LogP) is 0.827. The molecule has 1 saturated carbocycles. The van der Waals surface area contributed by atoms with Crippen molar-refractivity contribution in [2.45, 2.75) is 18.1 Å². The lowest BCUT2D eigenvalue weighted by atomic mass is 10.3. The van der Waals surface area contributed by atoms with Crippen molar-refractivity contribution < 1.29 is 0 Å². The normalized spacial score (nSPS) is 47.7. The number of nitrogens with two attached hydrogens (primary N) is 1. The maximum absolute atomic E-state index is 5.55. The zero-order valence-electron chi connectivity index (χ0n) is 5.42. The molecule has 0 aromatic rings. The second-order valence-electron chi connectivity index (χ2n) is 2.99. The van der Waals surface area contributed by atoms with Crippen molar-refractivity contribution in [3.63, 3.8) is 0 Å². The van der Waals surface area contributed by atoms with E-state index in [4.69, 9.17) is 5.73 Å². The Hall–Kier alpha value is -0.180. The first-order valence-electron chi connectivity index (χ1n) is 3.20. The molecule has 0 aromatic heterocycles. The van der Waals surface area contributed by atoms with Crippen molar-refractivity contribution in [1.82, 2.24) is 0 Å². The highest BCUT2D eigenvalue weighted by molar-refractivity contribution is 8.15. The van der Waals surface area contributed by atoms with Crippen LogP contribution in [0.1, 0.15) is 13.3 Å². The van der Waals surface area contributed by atoms with Gasteiger partial charge in [0.25, 0.3) is 0 Å². The van der Waals surface area contributed by atoms with Gasteiger partial charge in [0.15, 0.2) is 5.17 Å². The first-order chi connectivity index (χ1) is 4.21. The van der Waals surface area contributed by atoms with Crippen molar-refractivity contribution in [3.05, 3.63) is 0 Å². The number of nitrogens with zero attached hydrogens (tertiary/aromatic N) is 1. The molecule has 2 rings (SSSR count). The van der Waals surface area contributed by atoms with Gasteiger partial charge in [-0.2, -0.15) is 0 Å². The molecule has 2 N–H and O–H groups in total. The minimum atomic E-state index is 0.478. The van der Waals surface area contributed by atoms with Crippen molar-refractivity contribution in [3.8, 4) is 0 Å². The molecule has 2 aliphatic rings. The Balaban J connectivity index is 2.17. The first kappa shape index (κ1) is 5.59. The third-order valence-electron chi connectivity index (χ3n) is 2.16. The fraction of sp³-hybridized carbons (Fsp3) is 0.833. The van der Waals surface area contributed by atoms with E-state index < -0.39 is 0 Å². The molecule has 0 radical (unpaired) electrons. The Morgan fingerprint density at radius 2 is 2.67 bits per heavy atom. The molecule has 0 saturated heterocycles. The molecule has 0 bridgehead atoms. The van der Waals surface area contributed by atoms with Crippen LogP contribution in [-0.4, -0.2) is 16.5 Å². The van der Waals surface area contributed by atoms with Gasteiger partial charge in [-0.25, -0.2) is 0 Å². The highest BCUT2D eigenvalue weighted by Crippen LogP contribution is 2.55. The van der Waals surface area contributed by atoms with Gasteiger partial charge in [-0.1, -0.05) is 11.8 Å². The molecule has 1 heterocycles. The maximum Gasteiger partial charge on any atom is 0.154 e. The average molecular weight is 142 g/mol. The minimum Gasteiger partial charge on any atom is -0.379 e. The number of hydrogen-bond acceptors (Lipinski definition) is 3. The smallest absolute Gasteiger partial charge is 0.154 e. The van der Waals surface area contributed by atoms with Gasteiger partial charge in [0.2, 0.25) is 0 Å². The molecule has 1 aliphatic carbocycles. The number of rotatable bonds is 0. The van der Waals surface area contributed by atoms with Crippen LogP contribution in [0.25, 0.3) is 0 Å². The van der Waals surface area contributed by atoms with Gasteiger partial charge in [0.1, 0.15) is 0 Å². The number of amidine groups is 1. The second kappa shape index (κ2) is 1.45. The van der Waals surface area contributed by atoms with E-state index in [1.807, 2.05) is 0 Å². The summed E-state index contributed by atoms with van der Waals surface area (Å²) < 4.78 is 0.478. The molecule has 0 spiro atoms. The van der Waals surface area contributed by atoms with Crippen molar-refractivity contribution in [1.29, 1.82) is 0 Å². The molecule has 9 heavy (non-hydrogen) atoms. The summed E-state index contributed by atoms with van der Waals surface area (Å²) in [6, 6.07) is 0. The molecular weight excluding hydrogens is 132 g/mol. The van der Waals surface area contributed by atoms with E-state index in [0.717, 1.165) is 17.6 Å². The van der Waals surface area contributed by atoms with Crippen molar-refractivity contribution >= 4 is 16.9 Å². The van der Waals surface area contributed by atoms with Crippen LogP contribution in [0, 0.1) is 5.92 Å². The van der Waals surface area contributed by atoms with Crippen LogP contribution in [0.5, 0.6) is 0 Å². The van der Waals surface area contributed by atoms with Gasteiger partial charge in [-0.05, 0) is 19.3 Å². The Morgan fingerprint density at radius 3 is 3.22 bits per heavy atom. The molecule has 0 aromatic carbocycles. The molecule has 2 atom stereocenters. The van der Waals surface area contributed by atoms with Gasteiger partial charge < -0.3 is 5.73 Å². The number of hydrogen-bond donors (Lipinski definition) is 1. The standard InChI is InChI=1S/C6H10N2S/c1-6-2-4(6)3-8-5(7)9-6/h4H,2-3H2,1H3,(H2,7,8). The van der Waals surface area contributed by atoms with E-state index in [0.29, 0.717) is 4.75 Å². The van der Waals surface area contributed by atoms with Crippen LogP contribution in [-0.2, 0) is 0 Å². The van der Waals surface area contributed by atoms with Gasteiger partial charge >= 0.3 is 0 Å². The number of aliphatic imine (C=N–C) groups is 1. The lowest BCUT2D eigenvalue weighted by molar-refractivity contribution is 0.785. The molecule has 2 unspecified atom stereocenters. The van der Waals surface area contributed by atoms with E-state index >= 15 is 0 Å². The van der Waals surface area contributed by atoms with Gasteiger partial charge in [-0.15, -0.1) is 0 Å². The monoisotopic (exact) mass is 142 g/mol. The van der Waals surface area contributed by atoms with Crippen molar-refractivity contribution in [2.24, 2.45) is 16.6 Å². The van der Waals surface area contributed by atoms with Crippen LogP contribution in [0.2, 0.25) is 0 Å². The summed E-state index contributed by atoms with van der Waals surface area (Å²) in [6.45, 7) is 3.24. The number of thioether (sulfide) groups is 1. The van der Waals surface area contributed by atoms with Gasteiger partial charge in [0, 0.05) is 11.3 Å². The van der Waals surface area contributed by atoms with Crippen molar-refractivity contribution in [2.75, 3.05) is 6.54 Å². The summed E-state index contributed by atoms with van der Waals surface area (Å²) in [7, 11) is 0. The fourth-order valence-corrected chi connectivity index (χ4v) is 2.43. The maximum atomic E-state index is 5.55. The number of fused-ring (bicyclic) bond motifs is 1. The molecule has 0 amide bonds. The third kappa shape index (κ3) is 0.748. The fourth-order valence-electron chi connectivity index (χ4n) is 1.28. The van der Waals surface area contributed by atoms with Gasteiger partial charge in [0.05, 0.1) is 0 Å². The SMILES string of the molecule is CC12CC1CN=C(N)S2. The predicted molar refractivity (Wildman–Crippen MR) is 40.6 cm³/mol. The summed E-state index contributed by atoms with van der Waals surface area (Å²) in [6.07, 6.45) is 1.31. The largest absolute Gasteiger partial charge is 0.379 e. The van der Waals surface area contributed by atoms with E-state index in [1.165, 1.54) is 6.42 Å². The third-order valence-corrected chi connectivity index (χ3v) is 3.46. The van der Waals surface area contributed by atoms with E-state index in [2.05, 4.69) is 11.9 Å². The Bertz CT molecular complexity index is 178. The van der Waals surface area contributed by atoms with E-state index in [-0.39, 0.29) is 0 Å². The summed E-state index contributed by atoms with van der Waals surface area (Å²) in [5.74, 6) is 0.829. The molecule has 1 fully saturated rings. The summed E-state index contributed by atoms with van der Waals surface area (Å²) in [5.41, 5.74) is 5.55. The zero-order chi connectivity index (χ0) is 6.48. The summed E-state index contributed by atoms with van der Waals surface area (Å²) in [5, 5.41) is 0.784. The quantitative estimate of drug-likeness (QED) is 0.544. The Labute approximate surface area is 58.9 Å².